The van der Waals surface area contributed by atoms with Crippen LogP contribution in [-0.4, -0.2) is 18.0 Å². The average Bonchev–Trinajstić information content (AvgIpc) is 2.72. The second-order valence-corrected chi connectivity index (χ2v) is 7.40. The van der Waals surface area contributed by atoms with E-state index in [-0.39, 0.29) is 18.6 Å². The molecule has 3 aromatic rings. The second kappa shape index (κ2) is 8.02. The van der Waals surface area contributed by atoms with E-state index >= 15 is 0 Å². The number of carbonyl (C=O) groups excluding carboxylic acids is 2. The van der Waals surface area contributed by atoms with E-state index in [1.165, 1.54) is 13.0 Å². The Bertz CT molecular complexity index is 1160. The van der Waals surface area contributed by atoms with Crippen molar-refractivity contribution in [2.75, 3.05) is 4.90 Å². The van der Waals surface area contributed by atoms with Gasteiger partial charge in [-0.3, -0.25) is 4.79 Å². The van der Waals surface area contributed by atoms with Gasteiger partial charge in [0.15, 0.2) is 0 Å². The number of amides is 2. The van der Waals surface area contributed by atoms with Gasteiger partial charge in [0.2, 0.25) is 5.91 Å². The molecule has 0 unspecified atom stereocenters. The van der Waals surface area contributed by atoms with Gasteiger partial charge in [-0.05, 0) is 37.1 Å². The number of nitrogens with zero attached hydrogens (tertiary/aromatic N) is 1. The Morgan fingerprint density at radius 2 is 1.90 bits per heavy atom. The van der Waals surface area contributed by atoms with Gasteiger partial charge in [-0.25, -0.2) is 9.59 Å². The minimum Gasteiger partial charge on any atom is -0.445 e. The lowest BCUT2D eigenvalue weighted by molar-refractivity contribution is -0.117. The number of rotatable bonds is 3. The Balaban J connectivity index is 1.67. The number of nitrogens with one attached hydrogen (secondary N) is 1. The fourth-order valence-electron chi connectivity index (χ4n) is 4.06. The molecule has 1 aliphatic heterocycles. The highest BCUT2D eigenvalue weighted by Crippen LogP contribution is 2.41. The monoisotopic (exact) mass is 406 g/mol. The van der Waals surface area contributed by atoms with Crippen LogP contribution >= 0.6 is 0 Å². The first-order chi connectivity index (χ1) is 14.4. The van der Waals surface area contributed by atoms with Crippen LogP contribution in [0.2, 0.25) is 0 Å². The number of carbonyl (C=O) groups is 2. The van der Waals surface area contributed by atoms with E-state index in [1.807, 2.05) is 37.3 Å². The summed E-state index contributed by atoms with van der Waals surface area (Å²) >= 11 is 0. The Labute approximate surface area is 173 Å². The van der Waals surface area contributed by atoms with Crippen LogP contribution in [0.5, 0.6) is 0 Å². The molecule has 2 aromatic carbocycles. The van der Waals surface area contributed by atoms with Crippen molar-refractivity contribution < 1.29 is 18.7 Å². The molecule has 4 rings (SSSR count). The summed E-state index contributed by atoms with van der Waals surface area (Å²) < 4.78 is 10.7. The molecule has 0 radical (unpaired) electrons. The second-order valence-electron chi connectivity index (χ2n) is 7.40. The molecule has 0 saturated carbocycles. The van der Waals surface area contributed by atoms with E-state index in [1.54, 1.807) is 23.1 Å². The smallest absolute Gasteiger partial charge is 0.407 e. The lowest BCUT2D eigenvalue weighted by atomic mass is 9.89. The van der Waals surface area contributed by atoms with Gasteiger partial charge in [-0.15, -0.1) is 0 Å². The van der Waals surface area contributed by atoms with Crippen molar-refractivity contribution in [2.24, 2.45) is 0 Å². The van der Waals surface area contributed by atoms with Crippen LogP contribution in [0, 0.1) is 0 Å². The van der Waals surface area contributed by atoms with E-state index in [9.17, 15) is 14.4 Å². The maximum Gasteiger partial charge on any atom is 0.407 e. The first kappa shape index (κ1) is 19.7. The van der Waals surface area contributed by atoms with E-state index in [0.717, 1.165) is 11.1 Å². The quantitative estimate of drug-likeness (QED) is 0.667. The molecule has 30 heavy (non-hydrogen) atoms. The molecule has 7 heteroatoms. The molecule has 154 valence electrons. The van der Waals surface area contributed by atoms with Crippen LogP contribution < -0.4 is 15.8 Å². The lowest BCUT2D eigenvalue weighted by Crippen LogP contribution is -2.45. The summed E-state index contributed by atoms with van der Waals surface area (Å²) in [6, 6.07) is 15.3. The molecule has 0 bridgehead atoms. The fourth-order valence-corrected chi connectivity index (χ4v) is 4.06. The number of hydrogen-bond acceptors (Lipinski definition) is 5. The van der Waals surface area contributed by atoms with Crippen LogP contribution in [-0.2, 0) is 16.1 Å². The van der Waals surface area contributed by atoms with Crippen molar-refractivity contribution >= 4 is 28.7 Å². The number of hydrogen-bond donors (Lipinski definition) is 1. The van der Waals surface area contributed by atoms with E-state index in [2.05, 4.69) is 5.32 Å². The Morgan fingerprint density at radius 1 is 1.13 bits per heavy atom. The topological polar surface area (TPSA) is 88.9 Å². The molecule has 0 saturated heterocycles. The van der Waals surface area contributed by atoms with Crippen LogP contribution in [0.25, 0.3) is 11.0 Å². The number of fused-ring (bicyclic) bond motifs is 3. The Morgan fingerprint density at radius 3 is 2.63 bits per heavy atom. The Hall–Kier alpha value is -3.61. The van der Waals surface area contributed by atoms with Gasteiger partial charge in [0.1, 0.15) is 12.2 Å². The average molecular weight is 406 g/mol. The van der Waals surface area contributed by atoms with Gasteiger partial charge in [-0.2, -0.15) is 0 Å². The van der Waals surface area contributed by atoms with E-state index in [4.69, 9.17) is 9.15 Å². The van der Waals surface area contributed by atoms with Gasteiger partial charge in [-0.1, -0.05) is 30.3 Å². The summed E-state index contributed by atoms with van der Waals surface area (Å²) in [5.74, 6) is -0.0920. The van der Waals surface area contributed by atoms with Gasteiger partial charge in [0, 0.05) is 30.0 Å². The van der Waals surface area contributed by atoms with Crippen LogP contribution in [0.15, 0.2) is 63.8 Å². The number of ether oxygens (including phenoxy) is 1. The summed E-state index contributed by atoms with van der Waals surface area (Å²) in [5.41, 5.74) is 2.27. The van der Waals surface area contributed by atoms with Crippen molar-refractivity contribution in [1.82, 2.24) is 5.32 Å². The third kappa shape index (κ3) is 3.78. The standard InChI is InChI=1S/C23H22N2O5/c1-14-12-18(24-23(28)29-13-16-6-4-3-5-7-16)22-17-8-11-21(27)30-20(17)10-9-19(22)25(14)15(2)26/h3-11,14,18H,12-13H2,1-2H3,(H,24,28)/t14-,18+/m0/s1. The van der Waals surface area contributed by atoms with Crippen LogP contribution in [0.3, 0.4) is 0 Å². The normalized spacial score (nSPS) is 18.0. The zero-order valence-electron chi connectivity index (χ0n) is 16.8. The highest BCUT2D eigenvalue weighted by atomic mass is 16.5. The van der Waals surface area contributed by atoms with Crippen molar-refractivity contribution in [2.45, 2.75) is 39.0 Å². The summed E-state index contributed by atoms with van der Waals surface area (Å²) in [7, 11) is 0. The number of anilines is 1. The van der Waals surface area contributed by atoms with Gasteiger partial charge < -0.3 is 19.4 Å². The SMILES string of the molecule is CC(=O)N1c2ccc3oc(=O)ccc3c2[C@H](NC(=O)OCc2ccccc2)C[C@@H]1C. The van der Waals surface area contributed by atoms with E-state index < -0.39 is 17.8 Å². The first-order valence-electron chi connectivity index (χ1n) is 9.78. The van der Waals surface area contributed by atoms with Gasteiger partial charge in [0.05, 0.1) is 11.7 Å². The van der Waals surface area contributed by atoms with E-state index in [0.29, 0.717) is 23.1 Å². The molecule has 2 heterocycles. The maximum atomic E-state index is 12.5. The third-order valence-electron chi connectivity index (χ3n) is 5.29. The fraction of sp³-hybridized carbons (Fsp3) is 0.261. The highest BCUT2D eigenvalue weighted by Gasteiger charge is 2.35. The molecule has 1 aliphatic rings. The van der Waals surface area contributed by atoms with Crippen molar-refractivity contribution in [1.29, 1.82) is 0 Å². The number of benzene rings is 2. The largest absolute Gasteiger partial charge is 0.445 e. The van der Waals surface area contributed by atoms with Crippen LogP contribution in [0.4, 0.5) is 10.5 Å². The lowest BCUT2D eigenvalue weighted by Gasteiger charge is -2.39. The molecular weight excluding hydrogens is 384 g/mol. The summed E-state index contributed by atoms with van der Waals surface area (Å²) in [5, 5.41) is 3.60. The molecule has 2 amide bonds. The van der Waals surface area contributed by atoms with Gasteiger partial charge in [0.25, 0.3) is 0 Å². The minimum atomic E-state index is -0.548. The Kier molecular flexibility index (Phi) is 5.27. The zero-order chi connectivity index (χ0) is 21.3. The minimum absolute atomic E-state index is 0.0920. The molecule has 1 aromatic heterocycles. The first-order valence-corrected chi connectivity index (χ1v) is 9.78. The maximum absolute atomic E-state index is 12.5. The third-order valence-corrected chi connectivity index (χ3v) is 5.29. The number of alkyl carbamates (subject to hydrolysis) is 1. The summed E-state index contributed by atoms with van der Waals surface area (Å²) in [6.07, 6.45) is -0.0432. The highest BCUT2D eigenvalue weighted by molar-refractivity contribution is 5.98. The van der Waals surface area contributed by atoms with Gasteiger partial charge >= 0.3 is 11.7 Å². The molecule has 2 atom stereocenters. The summed E-state index contributed by atoms with van der Waals surface area (Å²) in [4.78, 5) is 38.1. The van der Waals surface area contributed by atoms with Crippen LogP contribution in [0.1, 0.15) is 37.4 Å². The summed E-state index contributed by atoms with van der Waals surface area (Å²) in [6.45, 7) is 3.60. The molecule has 0 aliphatic carbocycles. The van der Waals surface area contributed by atoms with Crippen molar-refractivity contribution in [3.05, 3.63) is 76.1 Å². The molecule has 0 spiro atoms. The molecule has 7 nitrogen and oxygen atoms in total. The molecule has 1 N–H and O–H groups in total. The molecular formula is C23H22N2O5. The zero-order valence-corrected chi connectivity index (χ0v) is 16.8. The predicted molar refractivity (Wildman–Crippen MR) is 112 cm³/mol. The predicted octanol–water partition coefficient (Wildman–Crippen LogP) is 3.91. The van der Waals surface area contributed by atoms with Crippen molar-refractivity contribution in [3.8, 4) is 0 Å². The van der Waals surface area contributed by atoms with Crippen molar-refractivity contribution in [3.63, 3.8) is 0 Å². The molecule has 0 fully saturated rings.